The number of carbonyl (C=O) groups is 1. The molecular formula is C22H34N2O4. The Hall–Kier alpha value is -2.37. The fourth-order valence-electron chi connectivity index (χ4n) is 3.75. The maximum absolute atomic E-state index is 12.8. The Labute approximate surface area is 168 Å². The van der Waals surface area contributed by atoms with Crippen LogP contribution in [0.15, 0.2) is 23.9 Å². The van der Waals surface area contributed by atoms with Gasteiger partial charge in [-0.1, -0.05) is 26.8 Å². The molecule has 0 heterocycles. The first-order valence-corrected chi connectivity index (χ1v) is 10.1. The van der Waals surface area contributed by atoms with Crippen LogP contribution in [0.3, 0.4) is 0 Å². The summed E-state index contributed by atoms with van der Waals surface area (Å²) in [5.41, 5.74) is 7.51. The summed E-state index contributed by atoms with van der Waals surface area (Å²) in [6, 6.07) is 3.38. The standard InChI is InChI=1S/C22H34N2O4/c1-7-26-18-11-16(12-19(27-8-2)20(18)28-9-3)21(25)24-23-17-10-15(4)13-22(5,6)14-17/h11-12,14-15,23H,7-10,13H2,1-6H3,(H,24,25)/t15-/m1/s1. The molecule has 1 atom stereocenters. The predicted molar refractivity (Wildman–Crippen MR) is 111 cm³/mol. The molecule has 1 aromatic rings. The molecule has 1 amide bonds. The Morgan fingerprint density at radius 1 is 1.07 bits per heavy atom. The quantitative estimate of drug-likeness (QED) is 0.610. The third kappa shape index (κ3) is 5.81. The second-order valence-corrected chi connectivity index (χ2v) is 7.85. The van der Waals surface area contributed by atoms with Gasteiger partial charge in [-0.3, -0.25) is 10.2 Å². The van der Waals surface area contributed by atoms with E-state index in [2.05, 4.69) is 37.7 Å². The van der Waals surface area contributed by atoms with E-state index in [4.69, 9.17) is 14.2 Å². The van der Waals surface area contributed by atoms with Crippen LogP contribution in [0.25, 0.3) is 0 Å². The number of amides is 1. The molecule has 0 saturated heterocycles. The second-order valence-electron chi connectivity index (χ2n) is 7.85. The smallest absolute Gasteiger partial charge is 0.269 e. The SMILES string of the molecule is CCOc1cc(C(=O)NNC2=CC(C)(C)C[C@H](C)C2)cc(OCC)c1OCC. The van der Waals surface area contributed by atoms with Gasteiger partial charge in [-0.05, 0) is 57.1 Å². The largest absolute Gasteiger partial charge is 0.490 e. The zero-order valence-electron chi connectivity index (χ0n) is 18.0. The Morgan fingerprint density at radius 2 is 1.64 bits per heavy atom. The fourth-order valence-corrected chi connectivity index (χ4v) is 3.75. The first-order valence-electron chi connectivity index (χ1n) is 10.1. The summed E-state index contributed by atoms with van der Waals surface area (Å²) >= 11 is 0. The first kappa shape index (κ1) is 21.9. The van der Waals surface area contributed by atoms with Crippen LogP contribution in [-0.2, 0) is 0 Å². The monoisotopic (exact) mass is 390 g/mol. The molecule has 0 spiro atoms. The van der Waals surface area contributed by atoms with E-state index in [1.54, 1.807) is 12.1 Å². The van der Waals surface area contributed by atoms with E-state index in [0.717, 1.165) is 18.5 Å². The molecule has 0 bridgehead atoms. The summed E-state index contributed by atoms with van der Waals surface area (Å²) in [6.07, 6.45) is 4.25. The molecule has 0 fully saturated rings. The summed E-state index contributed by atoms with van der Waals surface area (Å²) < 4.78 is 17.1. The summed E-state index contributed by atoms with van der Waals surface area (Å²) in [6.45, 7) is 13.7. The maximum atomic E-state index is 12.8. The molecule has 6 nitrogen and oxygen atoms in total. The minimum Gasteiger partial charge on any atom is -0.490 e. The summed E-state index contributed by atoms with van der Waals surface area (Å²) in [5.74, 6) is 1.86. The molecule has 156 valence electrons. The highest BCUT2D eigenvalue weighted by molar-refractivity contribution is 5.95. The van der Waals surface area contributed by atoms with E-state index >= 15 is 0 Å². The fraction of sp³-hybridized carbons (Fsp3) is 0.591. The molecule has 2 rings (SSSR count). The van der Waals surface area contributed by atoms with E-state index in [-0.39, 0.29) is 11.3 Å². The van der Waals surface area contributed by atoms with Gasteiger partial charge in [0.2, 0.25) is 5.75 Å². The van der Waals surface area contributed by atoms with E-state index in [1.165, 1.54) is 0 Å². The second kappa shape index (κ2) is 9.71. The topological polar surface area (TPSA) is 68.8 Å². The van der Waals surface area contributed by atoms with E-state index in [9.17, 15) is 4.79 Å². The molecule has 1 aliphatic carbocycles. The van der Waals surface area contributed by atoms with Crippen LogP contribution in [0.1, 0.15) is 64.7 Å². The lowest BCUT2D eigenvalue weighted by Gasteiger charge is -2.32. The van der Waals surface area contributed by atoms with Gasteiger partial charge in [0, 0.05) is 11.3 Å². The lowest BCUT2D eigenvalue weighted by atomic mass is 9.76. The van der Waals surface area contributed by atoms with Crippen LogP contribution in [-0.4, -0.2) is 25.7 Å². The normalized spacial score (nSPS) is 18.1. The van der Waals surface area contributed by atoms with Crippen molar-refractivity contribution in [1.29, 1.82) is 0 Å². The van der Waals surface area contributed by atoms with Crippen molar-refractivity contribution in [2.24, 2.45) is 11.3 Å². The van der Waals surface area contributed by atoms with Gasteiger partial charge in [0.05, 0.1) is 19.8 Å². The van der Waals surface area contributed by atoms with Gasteiger partial charge in [-0.2, -0.15) is 0 Å². The highest BCUT2D eigenvalue weighted by atomic mass is 16.5. The van der Waals surface area contributed by atoms with Crippen molar-refractivity contribution < 1.29 is 19.0 Å². The molecule has 0 saturated carbocycles. The van der Waals surface area contributed by atoms with Gasteiger partial charge < -0.3 is 19.6 Å². The van der Waals surface area contributed by atoms with E-state index in [1.807, 2.05) is 20.8 Å². The zero-order chi connectivity index (χ0) is 20.7. The van der Waals surface area contributed by atoms with Crippen molar-refractivity contribution in [2.75, 3.05) is 19.8 Å². The van der Waals surface area contributed by atoms with Gasteiger partial charge in [0.25, 0.3) is 5.91 Å². The number of allylic oxidation sites excluding steroid dienone is 2. The molecule has 28 heavy (non-hydrogen) atoms. The van der Waals surface area contributed by atoms with E-state index < -0.39 is 0 Å². The molecule has 0 aliphatic heterocycles. The predicted octanol–water partition coefficient (Wildman–Crippen LogP) is 4.46. The first-order chi connectivity index (χ1) is 13.3. The molecule has 0 radical (unpaired) electrons. The molecule has 2 N–H and O–H groups in total. The van der Waals surface area contributed by atoms with Crippen molar-refractivity contribution >= 4 is 5.91 Å². The van der Waals surface area contributed by atoms with Gasteiger partial charge in [0.1, 0.15) is 0 Å². The minimum atomic E-state index is -0.248. The minimum absolute atomic E-state index is 0.119. The zero-order valence-corrected chi connectivity index (χ0v) is 18.0. The van der Waals surface area contributed by atoms with Gasteiger partial charge in [-0.25, -0.2) is 0 Å². The number of hydrazine groups is 1. The Morgan fingerprint density at radius 3 is 2.14 bits per heavy atom. The van der Waals surface area contributed by atoms with Crippen LogP contribution in [0.2, 0.25) is 0 Å². The van der Waals surface area contributed by atoms with Crippen LogP contribution < -0.4 is 25.1 Å². The van der Waals surface area contributed by atoms with Crippen LogP contribution in [0.5, 0.6) is 17.2 Å². The van der Waals surface area contributed by atoms with Gasteiger partial charge >= 0.3 is 0 Å². The third-order valence-corrected chi connectivity index (χ3v) is 4.52. The molecule has 0 aromatic heterocycles. The highest BCUT2D eigenvalue weighted by Crippen LogP contribution is 2.39. The molecule has 1 aromatic carbocycles. The highest BCUT2D eigenvalue weighted by Gasteiger charge is 2.26. The van der Waals surface area contributed by atoms with Crippen LogP contribution in [0.4, 0.5) is 0 Å². The third-order valence-electron chi connectivity index (χ3n) is 4.52. The van der Waals surface area contributed by atoms with Crippen LogP contribution in [0, 0.1) is 11.3 Å². The van der Waals surface area contributed by atoms with Crippen molar-refractivity contribution in [3.8, 4) is 17.2 Å². The number of ether oxygens (including phenoxy) is 3. The molecule has 6 heteroatoms. The summed E-state index contributed by atoms with van der Waals surface area (Å²) in [5, 5.41) is 0. The lowest BCUT2D eigenvalue weighted by molar-refractivity contribution is 0.0935. The number of carbonyl (C=O) groups excluding carboxylic acids is 1. The molecule has 1 aliphatic rings. The Kier molecular flexibility index (Phi) is 7.61. The van der Waals surface area contributed by atoms with Crippen molar-refractivity contribution in [3.63, 3.8) is 0 Å². The van der Waals surface area contributed by atoms with Crippen LogP contribution >= 0.6 is 0 Å². The number of benzene rings is 1. The number of nitrogens with one attached hydrogen (secondary N) is 2. The number of hydrogen-bond acceptors (Lipinski definition) is 5. The Bertz CT molecular complexity index is 685. The average molecular weight is 391 g/mol. The van der Waals surface area contributed by atoms with E-state index in [0.29, 0.717) is 48.6 Å². The Balaban J connectivity index is 2.21. The summed E-state index contributed by atoms with van der Waals surface area (Å²) in [7, 11) is 0. The van der Waals surface area contributed by atoms with Crippen molar-refractivity contribution in [3.05, 3.63) is 29.5 Å². The lowest BCUT2D eigenvalue weighted by Crippen LogP contribution is -2.39. The van der Waals surface area contributed by atoms with Gasteiger partial charge in [0.15, 0.2) is 11.5 Å². The molecule has 0 unspecified atom stereocenters. The number of rotatable bonds is 9. The van der Waals surface area contributed by atoms with Crippen molar-refractivity contribution in [2.45, 2.75) is 54.4 Å². The molecular weight excluding hydrogens is 356 g/mol. The average Bonchev–Trinajstić information content (AvgIpc) is 2.61. The van der Waals surface area contributed by atoms with Crippen molar-refractivity contribution in [1.82, 2.24) is 10.9 Å². The number of hydrogen-bond donors (Lipinski definition) is 2. The summed E-state index contributed by atoms with van der Waals surface area (Å²) in [4.78, 5) is 12.8. The van der Waals surface area contributed by atoms with Gasteiger partial charge in [-0.15, -0.1) is 0 Å². The maximum Gasteiger partial charge on any atom is 0.269 e.